The molecule has 0 spiro atoms. The summed E-state index contributed by atoms with van der Waals surface area (Å²) in [5.41, 5.74) is 2.78. The molecular formula is C22H28N2O4S2. The summed E-state index contributed by atoms with van der Waals surface area (Å²) in [6.45, 7) is 0.956. The van der Waals surface area contributed by atoms with Crippen molar-refractivity contribution >= 4 is 20.0 Å². The lowest BCUT2D eigenvalue weighted by Crippen LogP contribution is -2.36. The van der Waals surface area contributed by atoms with Crippen molar-refractivity contribution in [3.63, 3.8) is 0 Å². The third kappa shape index (κ3) is 4.46. The molecule has 2 aromatic carbocycles. The van der Waals surface area contributed by atoms with Crippen LogP contribution in [0.15, 0.2) is 52.3 Å². The standard InChI is InChI=1S/C22H28N2O4S2/c25-29(26,21-13-12-18-8-2-3-9-19(18)16-21)23-17-20-10-4-5-11-22(20)30(27,28)24-14-6-1-7-15-24/h4-5,10-13,16,23H,1-3,6-9,14-15,17H2. The summed E-state index contributed by atoms with van der Waals surface area (Å²) in [6, 6.07) is 11.9. The molecule has 4 rings (SSSR count). The summed E-state index contributed by atoms with van der Waals surface area (Å²) in [6.07, 6.45) is 6.85. The van der Waals surface area contributed by atoms with Gasteiger partial charge in [0.15, 0.2) is 0 Å². The van der Waals surface area contributed by atoms with Crippen LogP contribution in [0.1, 0.15) is 48.8 Å². The number of rotatable bonds is 6. The number of sulfonamides is 2. The van der Waals surface area contributed by atoms with Gasteiger partial charge in [-0.2, -0.15) is 4.31 Å². The molecule has 2 aromatic rings. The average Bonchev–Trinajstić information content (AvgIpc) is 2.78. The van der Waals surface area contributed by atoms with E-state index in [1.807, 2.05) is 6.07 Å². The quantitative estimate of drug-likeness (QED) is 0.735. The zero-order valence-corrected chi connectivity index (χ0v) is 18.6. The summed E-state index contributed by atoms with van der Waals surface area (Å²) in [5.74, 6) is 0. The van der Waals surface area contributed by atoms with Crippen LogP contribution in [-0.4, -0.2) is 34.2 Å². The second-order valence-electron chi connectivity index (χ2n) is 8.03. The SMILES string of the molecule is O=S(=O)(NCc1ccccc1S(=O)(=O)N1CCCCC1)c1ccc2c(c1)CCCC2. The zero-order valence-electron chi connectivity index (χ0n) is 17.0. The van der Waals surface area contributed by atoms with E-state index in [1.54, 1.807) is 36.4 Å². The predicted octanol–water partition coefficient (Wildman–Crippen LogP) is 3.22. The normalized spacial score (nSPS) is 18.1. The molecule has 2 aliphatic rings. The summed E-state index contributed by atoms with van der Waals surface area (Å²) in [7, 11) is -7.38. The molecule has 0 saturated carbocycles. The van der Waals surface area contributed by atoms with Gasteiger partial charge >= 0.3 is 0 Å². The van der Waals surface area contributed by atoms with Crippen LogP contribution in [0, 0.1) is 0 Å². The first-order valence-corrected chi connectivity index (χ1v) is 13.5. The minimum absolute atomic E-state index is 0.0668. The second kappa shape index (κ2) is 8.78. The second-order valence-corrected chi connectivity index (χ2v) is 11.7. The van der Waals surface area contributed by atoms with Crippen molar-refractivity contribution in [1.82, 2.24) is 9.03 Å². The number of hydrogen-bond acceptors (Lipinski definition) is 4. The minimum atomic E-state index is -3.74. The van der Waals surface area contributed by atoms with Crippen molar-refractivity contribution in [3.05, 3.63) is 59.2 Å². The van der Waals surface area contributed by atoms with E-state index in [4.69, 9.17) is 0 Å². The van der Waals surface area contributed by atoms with Gasteiger partial charge in [0, 0.05) is 19.6 Å². The molecule has 0 unspecified atom stereocenters. The van der Waals surface area contributed by atoms with Gasteiger partial charge in [-0.3, -0.25) is 0 Å². The predicted molar refractivity (Wildman–Crippen MR) is 116 cm³/mol. The van der Waals surface area contributed by atoms with Crippen molar-refractivity contribution in [2.75, 3.05) is 13.1 Å². The van der Waals surface area contributed by atoms with Gasteiger partial charge in [0.25, 0.3) is 0 Å². The highest BCUT2D eigenvalue weighted by atomic mass is 32.2. The maximum Gasteiger partial charge on any atom is 0.243 e. The highest BCUT2D eigenvalue weighted by Crippen LogP contribution is 2.26. The first-order chi connectivity index (χ1) is 14.4. The van der Waals surface area contributed by atoms with Gasteiger partial charge in [-0.05, 0) is 73.4 Å². The fraction of sp³-hybridized carbons (Fsp3) is 0.455. The van der Waals surface area contributed by atoms with Gasteiger partial charge in [0.1, 0.15) is 0 Å². The number of nitrogens with one attached hydrogen (secondary N) is 1. The van der Waals surface area contributed by atoms with E-state index in [-0.39, 0.29) is 16.3 Å². The number of benzene rings is 2. The summed E-state index contributed by atoms with van der Waals surface area (Å²) < 4.78 is 56.1. The molecule has 162 valence electrons. The van der Waals surface area contributed by atoms with E-state index in [9.17, 15) is 16.8 Å². The molecule has 1 aliphatic carbocycles. The Bertz CT molecular complexity index is 1120. The van der Waals surface area contributed by atoms with Crippen molar-refractivity contribution < 1.29 is 16.8 Å². The smallest absolute Gasteiger partial charge is 0.207 e. The largest absolute Gasteiger partial charge is 0.243 e. The summed E-state index contributed by atoms with van der Waals surface area (Å²) in [5, 5.41) is 0. The first-order valence-electron chi connectivity index (χ1n) is 10.6. The van der Waals surface area contributed by atoms with Gasteiger partial charge < -0.3 is 0 Å². The molecule has 0 amide bonds. The van der Waals surface area contributed by atoms with Gasteiger partial charge in [-0.1, -0.05) is 30.7 Å². The van der Waals surface area contributed by atoms with Gasteiger partial charge in [0.2, 0.25) is 20.0 Å². The Morgan fingerprint density at radius 1 is 0.800 bits per heavy atom. The van der Waals surface area contributed by atoms with Crippen LogP contribution in [0.4, 0.5) is 0 Å². The Morgan fingerprint density at radius 3 is 2.27 bits per heavy atom. The number of aryl methyl sites for hydroxylation is 2. The lowest BCUT2D eigenvalue weighted by atomic mass is 9.92. The van der Waals surface area contributed by atoms with Crippen LogP contribution in [-0.2, 0) is 39.4 Å². The van der Waals surface area contributed by atoms with Crippen LogP contribution < -0.4 is 4.72 Å². The number of nitrogens with zero attached hydrogens (tertiary/aromatic N) is 1. The van der Waals surface area contributed by atoms with Crippen molar-refractivity contribution in [3.8, 4) is 0 Å². The Hall–Kier alpha value is -1.74. The van der Waals surface area contributed by atoms with Crippen molar-refractivity contribution in [1.29, 1.82) is 0 Å². The van der Waals surface area contributed by atoms with Gasteiger partial charge in [-0.25, -0.2) is 21.6 Å². The van der Waals surface area contributed by atoms with Gasteiger partial charge in [0.05, 0.1) is 9.79 Å². The fourth-order valence-corrected chi connectivity index (χ4v) is 7.07. The topological polar surface area (TPSA) is 83.5 Å². The molecule has 30 heavy (non-hydrogen) atoms. The Morgan fingerprint density at radius 2 is 1.50 bits per heavy atom. The molecule has 0 radical (unpaired) electrons. The van der Waals surface area contributed by atoms with Crippen LogP contribution in [0.3, 0.4) is 0 Å². The zero-order chi connectivity index (χ0) is 21.2. The maximum atomic E-state index is 13.1. The Balaban J connectivity index is 1.55. The molecule has 0 bridgehead atoms. The average molecular weight is 449 g/mol. The van der Waals surface area contributed by atoms with E-state index in [1.165, 1.54) is 9.87 Å². The molecular weight excluding hydrogens is 420 g/mol. The van der Waals surface area contributed by atoms with Crippen LogP contribution in [0.5, 0.6) is 0 Å². The Labute approximate surface area is 179 Å². The van der Waals surface area contributed by atoms with E-state index < -0.39 is 20.0 Å². The number of fused-ring (bicyclic) bond motifs is 1. The molecule has 1 fully saturated rings. The van der Waals surface area contributed by atoms with E-state index >= 15 is 0 Å². The third-order valence-electron chi connectivity index (χ3n) is 5.99. The monoisotopic (exact) mass is 448 g/mol. The molecule has 1 N–H and O–H groups in total. The van der Waals surface area contributed by atoms with Crippen LogP contribution >= 0.6 is 0 Å². The summed E-state index contributed by atoms with van der Waals surface area (Å²) in [4.78, 5) is 0.416. The molecule has 1 aliphatic heterocycles. The van der Waals surface area contributed by atoms with E-state index in [0.717, 1.165) is 50.5 Å². The molecule has 1 heterocycles. The molecule has 6 nitrogen and oxygen atoms in total. The first kappa shape index (κ1) is 21.5. The van der Waals surface area contributed by atoms with Crippen LogP contribution in [0.25, 0.3) is 0 Å². The fourth-order valence-electron chi connectivity index (χ4n) is 4.28. The molecule has 8 heteroatoms. The molecule has 1 saturated heterocycles. The Kier molecular flexibility index (Phi) is 6.29. The highest BCUT2D eigenvalue weighted by Gasteiger charge is 2.28. The number of piperidine rings is 1. The third-order valence-corrected chi connectivity index (χ3v) is 9.39. The van der Waals surface area contributed by atoms with Crippen molar-refractivity contribution in [2.45, 2.75) is 61.3 Å². The van der Waals surface area contributed by atoms with Crippen molar-refractivity contribution in [2.24, 2.45) is 0 Å². The maximum absolute atomic E-state index is 13.1. The number of hydrogen-bond donors (Lipinski definition) is 1. The molecule has 0 atom stereocenters. The minimum Gasteiger partial charge on any atom is -0.207 e. The van der Waals surface area contributed by atoms with Gasteiger partial charge in [-0.15, -0.1) is 0 Å². The van der Waals surface area contributed by atoms with E-state index in [0.29, 0.717) is 18.7 Å². The van der Waals surface area contributed by atoms with E-state index in [2.05, 4.69) is 4.72 Å². The highest BCUT2D eigenvalue weighted by molar-refractivity contribution is 7.89. The molecule has 0 aromatic heterocycles. The lowest BCUT2D eigenvalue weighted by molar-refractivity contribution is 0.346. The van der Waals surface area contributed by atoms with Crippen LogP contribution in [0.2, 0.25) is 0 Å². The summed E-state index contributed by atoms with van der Waals surface area (Å²) >= 11 is 0. The lowest BCUT2D eigenvalue weighted by Gasteiger charge is -2.26.